The first-order chi connectivity index (χ1) is 17.0. The third-order valence-electron chi connectivity index (χ3n) is 10.8. The first-order valence-corrected chi connectivity index (χ1v) is 20.8. The molecule has 0 spiro atoms. The van der Waals surface area contributed by atoms with Crippen LogP contribution in [0.1, 0.15) is 114 Å². The number of hydrogen-bond donors (Lipinski definition) is 0. The van der Waals surface area contributed by atoms with E-state index < -0.39 is 16.6 Å². The summed E-state index contributed by atoms with van der Waals surface area (Å²) in [5, 5.41) is 0.230. The Kier molecular flexibility index (Phi) is 11.0. The normalized spacial score (nSPS) is 27.8. The van der Waals surface area contributed by atoms with Gasteiger partial charge in [-0.3, -0.25) is 4.79 Å². The van der Waals surface area contributed by atoms with Crippen LogP contribution in [0.15, 0.2) is 0 Å². The molecule has 2 aliphatic carbocycles. The van der Waals surface area contributed by atoms with Gasteiger partial charge in [0.2, 0.25) is 0 Å². The Bertz CT molecular complexity index is 819. The number of fused-ring (bicyclic) bond motifs is 1. The highest BCUT2D eigenvalue weighted by Gasteiger charge is 2.55. The van der Waals surface area contributed by atoms with E-state index in [0.717, 1.165) is 24.6 Å². The predicted octanol–water partition coefficient (Wildman–Crippen LogP) is 9.38. The van der Waals surface area contributed by atoms with Crippen molar-refractivity contribution >= 4 is 22.4 Å². The fraction of sp³-hybridized carbons (Fsp3) is 0.906. The molecule has 0 aromatic heterocycles. The maximum atomic E-state index is 13.3. The van der Waals surface area contributed by atoms with Gasteiger partial charge in [-0.15, -0.1) is 0 Å². The molecule has 0 N–H and O–H groups in total. The molecular formula is C32H60O3Si2. The van der Waals surface area contributed by atoms with Crippen LogP contribution < -0.4 is 0 Å². The third-order valence-corrected chi connectivity index (χ3v) is 20.2. The van der Waals surface area contributed by atoms with Gasteiger partial charge in [-0.1, -0.05) is 73.7 Å². The van der Waals surface area contributed by atoms with Crippen LogP contribution in [0, 0.1) is 35.0 Å². The Balaban J connectivity index is 2.02. The minimum atomic E-state index is -1.81. The van der Waals surface area contributed by atoms with Crippen molar-refractivity contribution in [3.05, 3.63) is 0 Å². The molecule has 0 unspecified atom stereocenters. The van der Waals surface area contributed by atoms with E-state index in [0.29, 0.717) is 36.6 Å². The maximum Gasteiger partial charge on any atom is 0.192 e. The molecule has 2 saturated carbocycles. The second-order valence-corrected chi connectivity index (χ2v) is 24.1. The molecule has 214 valence electrons. The van der Waals surface area contributed by atoms with Gasteiger partial charge in [-0.05, 0) is 93.0 Å². The molecule has 0 radical (unpaired) electrons. The van der Waals surface area contributed by atoms with Gasteiger partial charge >= 0.3 is 0 Å². The van der Waals surface area contributed by atoms with Gasteiger partial charge in [0, 0.05) is 18.4 Å². The molecule has 2 fully saturated rings. The molecule has 0 amide bonds. The summed E-state index contributed by atoms with van der Waals surface area (Å²) in [5.74, 6) is 7.99. The largest absolute Gasteiger partial charge is 0.414 e. The summed E-state index contributed by atoms with van der Waals surface area (Å²) >= 11 is 0. The monoisotopic (exact) mass is 548 g/mol. The van der Waals surface area contributed by atoms with Crippen LogP contribution in [-0.4, -0.2) is 34.1 Å². The molecule has 0 aromatic rings. The van der Waals surface area contributed by atoms with Crippen LogP contribution >= 0.6 is 0 Å². The summed E-state index contributed by atoms with van der Waals surface area (Å²) in [7, 11) is -3.48. The van der Waals surface area contributed by atoms with Crippen molar-refractivity contribution in [2.45, 2.75) is 162 Å². The molecule has 3 nitrogen and oxygen atoms in total. The van der Waals surface area contributed by atoms with E-state index in [4.69, 9.17) is 8.85 Å². The second-order valence-electron chi connectivity index (χ2n) is 14.7. The van der Waals surface area contributed by atoms with E-state index in [-0.39, 0.29) is 22.0 Å². The minimum Gasteiger partial charge on any atom is -0.414 e. The maximum absolute atomic E-state index is 13.3. The molecule has 0 aliphatic heterocycles. The van der Waals surface area contributed by atoms with Crippen LogP contribution in [0.3, 0.4) is 0 Å². The lowest BCUT2D eigenvalue weighted by atomic mass is 9.61. The smallest absolute Gasteiger partial charge is 0.192 e. The Morgan fingerprint density at radius 1 is 1.00 bits per heavy atom. The molecule has 0 bridgehead atoms. The van der Waals surface area contributed by atoms with E-state index in [2.05, 4.69) is 94.2 Å². The average molecular weight is 549 g/mol. The highest BCUT2D eigenvalue weighted by atomic mass is 28.4. The zero-order chi connectivity index (χ0) is 28.3. The minimum absolute atomic E-state index is 0.0699. The van der Waals surface area contributed by atoms with Crippen molar-refractivity contribution in [3.8, 4) is 11.8 Å². The number of rotatable bonds is 11. The zero-order valence-electron chi connectivity index (χ0n) is 26.6. The number of carbonyl (C=O) groups excluding carboxylic acids is 1. The van der Waals surface area contributed by atoms with Gasteiger partial charge in [0.05, 0.1) is 12.0 Å². The van der Waals surface area contributed by atoms with Crippen LogP contribution in [0.25, 0.3) is 0 Å². The van der Waals surface area contributed by atoms with Gasteiger partial charge in [0.15, 0.2) is 16.6 Å². The van der Waals surface area contributed by atoms with E-state index in [1.54, 1.807) is 0 Å². The van der Waals surface area contributed by atoms with Crippen molar-refractivity contribution in [2.24, 2.45) is 23.2 Å². The summed E-state index contributed by atoms with van der Waals surface area (Å²) in [6, 6.07) is 3.45. The summed E-state index contributed by atoms with van der Waals surface area (Å²) in [6.45, 7) is 27.6. The quantitative estimate of drug-likeness (QED) is 0.190. The molecule has 5 heteroatoms. The van der Waals surface area contributed by atoms with Crippen LogP contribution in [0.5, 0.6) is 0 Å². The predicted molar refractivity (Wildman–Crippen MR) is 164 cm³/mol. The summed E-state index contributed by atoms with van der Waals surface area (Å²) in [5.41, 5.74) is -0.0403. The lowest BCUT2D eigenvalue weighted by molar-refractivity contribution is -0.125. The highest BCUT2D eigenvalue weighted by molar-refractivity contribution is 6.74. The Morgan fingerprint density at radius 3 is 2.14 bits per heavy atom. The molecular weight excluding hydrogens is 489 g/mol. The lowest BCUT2D eigenvalue weighted by Crippen LogP contribution is -2.50. The molecule has 0 aromatic carbocycles. The van der Waals surface area contributed by atoms with Crippen molar-refractivity contribution in [2.75, 3.05) is 0 Å². The number of carbonyl (C=O) groups is 1. The van der Waals surface area contributed by atoms with E-state index in [9.17, 15) is 4.79 Å². The van der Waals surface area contributed by atoms with Crippen LogP contribution in [-0.2, 0) is 13.6 Å². The number of hydrogen-bond acceptors (Lipinski definition) is 3. The van der Waals surface area contributed by atoms with E-state index in [1.807, 2.05) is 0 Å². The van der Waals surface area contributed by atoms with Crippen LogP contribution in [0.2, 0.25) is 36.3 Å². The Morgan fingerprint density at radius 2 is 1.59 bits per heavy atom. The lowest BCUT2D eigenvalue weighted by Gasteiger charge is -2.49. The third kappa shape index (κ3) is 7.62. The molecule has 0 saturated heterocycles. The first kappa shape index (κ1) is 32.8. The van der Waals surface area contributed by atoms with Gasteiger partial charge in [-0.25, -0.2) is 0 Å². The SMILES string of the molecule is CC[Si](CC)(CC)OC(C)(C)CC#CCC(=O)[C@@H](C)[C@H]1CC[C@H]2[C@@H](O[Si](C)(C)C(C)(C)C)CCC[C@]12C. The van der Waals surface area contributed by atoms with Gasteiger partial charge in [-0.2, -0.15) is 0 Å². The summed E-state index contributed by atoms with van der Waals surface area (Å²) < 4.78 is 13.7. The summed E-state index contributed by atoms with van der Waals surface area (Å²) in [6.07, 6.45) is 7.41. The fourth-order valence-electron chi connectivity index (χ4n) is 7.08. The van der Waals surface area contributed by atoms with Gasteiger partial charge in [0.1, 0.15) is 5.78 Å². The summed E-state index contributed by atoms with van der Waals surface area (Å²) in [4.78, 5) is 13.3. The highest BCUT2D eigenvalue weighted by Crippen LogP contribution is 2.59. The van der Waals surface area contributed by atoms with Gasteiger partial charge < -0.3 is 8.85 Å². The number of Topliss-reactive ketones (excluding diaryl/α,β-unsaturated/α-hetero) is 1. The van der Waals surface area contributed by atoms with Crippen molar-refractivity contribution < 1.29 is 13.6 Å². The van der Waals surface area contributed by atoms with Gasteiger partial charge in [0.25, 0.3) is 0 Å². The zero-order valence-corrected chi connectivity index (χ0v) is 28.6. The van der Waals surface area contributed by atoms with Crippen molar-refractivity contribution in [1.82, 2.24) is 0 Å². The van der Waals surface area contributed by atoms with E-state index >= 15 is 0 Å². The molecule has 0 heterocycles. The van der Waals surface area contributed by atoms with Crippen LogP contribution in [0.4, 0.5) is 0 Å². The molecule has 5 atom stereocenters. The second kappa shape index (κ2) is 12.4. The molecule has 2 aliphatic rings. The number of ketones is 1. The average Bonchev–Trinajstić information content (AvgIpc) is 3.16. The topological polar surface area (TPSA) is 35.5 Å². The van der Waals surface area contributed by atoms with E-state index in [1.165, 1.54) is 25.7 Å². The Hall–Kier alpha value is -0.416. The first-order valence-electron chi connectivity index (χ1n) is 15.3. The Labute approximate surface area is 232 Å². The van der Waals surface area contributed by atoms with Crippen molar-refractivity contribution in [1.29, 1.82) is 0 Å². The molecule has 37 heavy (non-hydrogen) atoms. The standard InChI is InChI=1S/C32H60O3Si2/c1-13-37(14-2,15-3)35-31(8,9)23-17-16-19-28(33)25(4)26-21-22-27-29(20-18-24-32(26,27)10)34-36(11,12)30(5,6)7/h25-27,29H,13-15,18-24H2,1-12H3/t25-,26+,27-,29-,32+/m0/s1. The fourth-order valence-corrected chi connectivity index (χ4v) is 11.6. The van der Waals surface area contributed by atoms with Crippen molar-refractivity contribution in [3.63, 3.8) is 0 Å². The molecule has 2 rings (SSSR count).